The van der Waals surface area contributed by atoms with E-state index < -0.39 is 5.97 Å². The molecule has 1 aliphatic rings. The third-order valence-electron chi connectivity index (χ3n) is 3.18. The van der Waals surface area contributed by atoms with Gasteiger partial charge in [-0.3, -0.25) is 9.59 Å². The normalized spacial score (nSPS) is 27.1. The summed E-state index contributed by atoms with van der Waals surface area (Å²) in [7, 11) is 0. The van der Waals surface area contributed by atoms with E-state index in [1.165, 1.54) is 6.42 Å². The minimum Gasteiger partial charge on any atom is -0.481 e. The number of carbonyl (C=O) groups excluding carboxylic acids is 1. The number of carboxylic acids is 1. The fourth-order valence-corrected chi connectivity index (χ4v) is 2.35. The van der Waals surface area contributed by atoms with Crippen LogP contribution in [0, 0.1) is 11.8 Å². The molecule has 0 aliphatic heterocycles. The third-order valence-corrected chi connectivity index (χ3v) is 3.18. The van der Waals surface area contributed by atoms with Crippen LogP contribution in [0.1, 0.15) is 46.0 Å². The quantitative estimate of drug-likeness (QED) is 0.769. The molecule has 0 aromatic carbocycles. The minimum atomic E-state index is -0.871. The molecular formula is C12H21NO3. The van der Waals surface area contributed by atoms with E-state index in [0.717, 1.165) is 19.3 Å². The molecule has 1 rings (SSSR count). The topological polar surface area (TPSA) is 66.4 Å². The first-order valence-corrected chi connectivity index (χ1v) is 6.01. The van der Waals surface area contributed by atoms with Gasteiger partial charge in [-0.05, 0) is 25.7 Å². The molecule has 0 heterocycles. The number of nitrogens with one attached hydrogen (secondary N) is 1. The van der Waals surface area contributed by atoms with Gasteiger partial charge in [0.1, 0.15) is 0 Å². The van der Waals surface area contributed by atoms with Crippen LogP contribution in [0.2, 0.25) is 0 Å². The number of aliphatic carboxylic acids is 1. The van der Waals surface area contributed by atoms with Gasteiger partial charge in [0.05, 0.1) is 6.42 Å². The number of rotatable bonds is 4. The zero-order valence-electron chi connectivity index (χ0n) is 10.0. The lowest BCUT2D eigenvalue weighted by atomic mass is 9.82. The lowest BCUT2D eigenvalue weighted by molar-refractivity contribution is -0.137. The van der Waals surface area contributed by atoms with Gasteiger partial charge in [-0.25, -0.2) is 0 Å². The fourth-order valence-electron chi connectivity index (χ4n) is 2.35. The van der Waals surface area contributed by atoms with Crippen LogP contribution in [0.15, 0.2) is 0 Å². The molecular weight excluding hydrogens is 206 g/mol. The van der Waals surface area contributed by atoms with E-state index in [4.69, 9.17) is 5.11 Å². The predicted octanol–water partition coefficient (Wildman–Crippen LogP) is 1.79. The van der Waals surface area contributed by atoms with Gasteiger partial charge in [0.2, 0.25) is 5.91 Å². The molecule has 0 radical (unpaired) electrons. The highest BCUT2D eigenvalue weighted by atomic mass is 16.4. The van der Waals surface area contributed by atoms with Gasteiger partial charge in [-0.2, -0.15) is 0 Å². The van der Waals surface area contributed by atoms with Gasteiger partial charge < -0.3 is 10.4 Å². The van der Waals surface area contributed by atoms with Crippen LogP contribution in [-0.4, -0.2) is 23.0 Å². The molecule has 0 bridgehead atoms. The van der Waals surface area contributed by atoms with Crippen LogP contribution in [0.3, 0.4) is 0 Å². The van der Waals surface area contributed by atoms with Crippen molar-refractivity contribution in [2.75, 3.05) is 0 Å². The fraction of sp³-hybridized carbons (Fsp3) is 0.833. The number of carbonyl (C=O) groups is 2. The number of hydrogen-bond donors (Lipinski definition) is 2. The lowest BCUT2D eigenvalue weighted by Crippen LogP contribution is -2.39. The molecule has 1 aliphatic carbocycles. The molecule has 1 amide bonds. The van der Waals surface area contributed by atoms with E-state index in [0.29, 0.717) is 5.92 Å². The van der Waals surface area contributed by atoms with Crippen molar-refractivity contribution in [2.45, 2.75) is 52.0 Å². The molecule has 92 valence electrons. The SMILES string of the molecule is C[C@@H]1CCC[C@@H](C(=O)N[C@H](C)CC(=O)O)C1. The van der Waals surface area contributed by atoms with Gasteiger partial charge in [0, 0.05) is 12.0 Å². The molecule has 4 nitrogen and oxygen atoms in total. The molecule has 2 N–H and O–H groups in total. The second-order valence-electron chi connectivity index (χ2n) is 4.98. The number of hydrogen-bond acceptors (Lipinski definition) is 2. The Balaban J connectivity index is 2.36. The van der Waals surface area contributed by atoms with E-state index in [9.17, 15) is 9.59 Å². The number of amides is 1. The maximum Gasteiger partial charge on any atom is 0.305 e. The molecule has 16 heavy (non-hydrogen) atoms. The van der Waals surface area contributed by atoms with Crippen LogP contribution in [0.5, 0.6) is 0 Å². The van der Waals surface area contributed by atoms with Gasteiger partial charge >= 0.3 is 5.97 Å². The van der Waals surface area contributed by atoms with Gasteiger partial charge in [-0.1, -0.05) is 19.8 Å². The summed E-state index contributed by atoms with van der Waals surface area (Å²) >= 11 is 0. The van der Waals surface area contributed by atoms with Gasteiger partial charge in [-0.15, -0.1) is 0 Å². The first kappa shape index (κ1) is 13.0. The minimum absolute atomic E-state index is 0.00594. The summed E-state index contributed by atoms with van der Waals surface area (Å²) in [6.07, 6.45) is 4.18. The summed E-state index contributed by atoms with van der Waals surface area (Å²) in [4.78, 5) is 22.3. The van der Waals surface area contributed by atoms with Crippen LogP contribution < -0.4 is 5.32 Å². The van der Waals surface area contributed by atoms with Crippen molar-refractivity contribution in [2.24, 2.45) is 11.8 Å². The smallest absolute Gasteiger partial charge is 0.305 e. The summed E-state index contributed by atoms with van der Waals surface area (Å²) in [6, 6.07) is -0.276. The average Bonchev–Trinajstić information content (AvgIpc) is 2.16. The maximum absolute atomic E-state index is 11.8. The zero-order valence-corrected chi connectivity index (χ0v) is 10.0. The van der Waals surface area contributed by atoms with E-state index in [-0.39, 0.29) is 24.3 Å². The Morgan fingerprint density at radius 2 is 2.12 bits per heavy atom. The highest BCUT2D eigenvalue weighted by Crippen LogP contribution is 2.28. The van der Waals surface area contributed by atoms with Crippen LogP contribution >= 0.6 is 0 Å². The zero-order chi connectivity index (χ0) is 12.1. The average molecular weight is 227 g/mol. The second-order valence-corrected chi connectivity index (χ2v) is 4.98. The maximum atomic E-state index is 11.8. The molecule has 0 aromatic rings. The largest absolute Gasteiger partial charge is 0.481 e. The van der Waals surface area contributed by atoms with Gasteiger partial charge in [0.15, 0.2) is 0 Å². The summed E-state index contributed by atoms with van der Waals surface area (Å²) in [6.45, 7) is 3.90. The molecule has 1 saturated carbocycles. The van der Waals surface area contributed by atoms with E-state index in [1.807, 2.05) is 0 Å². The first-order valence-electron chi connectivity index (χ1n) is 6.01. The highest BCUT2D eigenvalue weighted by molar-refractivity contribution is 5.79. The Hall–Kier alpha value is -1.06. The molecule has 3 atom stereocenters. The van der Waals surface area contributed by atoms with Crippen molar-refractivity contribution in [3.63, 3.8) is 0 Å². The summed E-state index contributed by atoms with van der Waals surface area (Å²) in [5, 5.41) is 11.4. The Bertz CT molecular complexity index is 265. The summed E-state index contributed by atoms with van der Waals surface area (Å²) in [5.41, 5.74) is 0. The van der Waals surface area contributed by atoms with Crippen molar-refractivity contribution >= 4 is 11.9 Å². The Morgan fingerprint density at radius 3 is 2.69 bits per heavy atom. The summed E-state index contributed by atoms with van der Waals surface area (Å²) in [5.74, 6) is -0.149. The lowest BCUT2D eigenvalue weighted by Gasteiger charge is -2.26. The first-order chi connectivity index (χ1) is 7.49. The Labute approximate surface area is 96.4 Å². The third kappa shape index (κ3) is 4.21. The van der Waals surface area contributed by atoms with Crippen molar-refractivity contribution in [1.82, 2.24) is 5.32 Å². The standard InChI is InChI=1S/C12H21NO3/c1-8-4-3-5-10(6-8)12(16)13-9(2)7-11(14)15/h8-10H,3-7H2,1-2H3,(H,13,16)(H,14,15)/t8-,9-,10-/m1/s1. The second kappa shape index (κ2) is 5.87. The predicted molar refractivity (Wildman–Crippen MR) is 61.0 cm³/mol. The van der Waals surface area contributed by atoms with E-state index in [2.05, 4.69) is 12.2 Å². The van der Waals surface area contributed by atoms with E-state index in [1.54, 1.807) is 6.92 Å². The van der Waals surface area contributed by atoms with Crippen LogP contribution in [-0.2, 0) is 9.59 Å². The molecule has 0 aromatic heterocycles. The Kier molecular flexibility index (Phi) is 4.77. The van der Waals surface area contributed by atoms with E-state index >= 15 is 0 Å². The van der Waals surface area contributed by atoms with Crippen molar-refractivity contribution < 1.29 is 14.7 Å². The molecule has 1 fully saturated rings. The Morgan fingerprint density at radius 1 is 1.44 bits per heavy atom. The van der Waals surface area contributed by atoms with Gasteiger partial charge in [0.25, 0.3) is 0 Å². The monoisotopic (exact) mass is 227 g/mol. The molecule has 0 spiro atoms. The van der Waals surface area contributed by atoms with Crippen molar-refractivity contribution in [3.05, 3.63) is 0 Å². The molecule has 0 saturated heterocycles. The highest BCUT2D eigenvalue weighted by Gasteiger charge is 2.25. The van der Waals surface area contributed by atoms with Crippen molar-refractivity contribution in [1.29, 1.82) is 0 Å². The van der Waals surface area contributed by atoms with Crippen LogP contribution in [0.4, 0.5) is 0 Å². The molecule has 4 heteroatoms. The number of carboxylic acid groups (broad SMARTS) is 1. The van der Waals surface area contributed by atoms with Crippen LogP contribution in [0.25, 0.3) is 0 Å². The summed E-state index contributed by atoms with van der Waals surface area (Å²) < 4.78 is 0. The molecule has 0 unspecified atom stereocenters. The van der Waals surface area contributed by atoms with Crippen molar-refractivity contribution in [3.8, 4) is 0 Å².